The minimum atomic E-state index is -0.244. The number of H-pyrrole nitrogens is 1. The second-order valence-electron chi connectivity index (χ2n) is 6.60. The maximum atomic E-state index is 12.4. The lowest BCUT2D eigenvalue weighted by molar-refractivity contribution is 0.0941. The maximum Gasteiger partial charge on any atom is 0.344 e. The van der Waals surface area contributed by atoms with Crippen LogP contribution in [-0.2, 0) is 24.1 Å². The molecule has 5 rings (SSSR count). The molecular weight excluding hydrogens is 402 g/mol. The normalized spacial score (nSPS) is 17.2. The first kappa shape index (κ1) is 17.6. The van der Waals surface area contributed by atoms with E-state index in [1.54, 1.807) is 11.6 Å². The third kappa shape index (κ3) is 2.79. The molecule has 0 aromatic carbocycles. The van der Waals surface area contributed by atoms with Gasteiger partial charge in [0, 0.05) is 13.7 Å². The lowest BCUT2D eigenvalue weighted by Gasteiger charge is -2.10. The number of ether oxygens (including phenoxy) is 1. The van der Waals surface area contributed by atoms with Crippen LogP contribution in [0.25, 0.3) is 16.0 Å². The van der Waals surface area contributed by atoms with Crippen LogP contribution in [0.3, 0.4) is 0 Å². The zero-order valence-corrected chi connectivity index (χ0v) is 16.6. The summed E-state index contributed by atoms with van der Waals surface area (Å²) in [5, 5.41) is 17.6. The minimum Gasteiger partial charge on any atom is -0.376 e. The van der Waals surface area contributed by atoms with Crippen molar-refractivity contribution >= 4 is 39.1 Å². The highest BCUT2D eigenvalue weighted by Gasteiger charge is 2.21. The van der Waals surface area contributed by atoms with E-state index in [4.69, 9.17) is 4.74 Å². The number of thiophene rings is 1. The SMILES string of the molecule is Cn1c(=O)c2sccc2n2c(CSc3n[nH]c(=O)n3CC3CCCO3)nnc12. The summed E-state index contributed by atoms with van der Waals surface area (Å²) in [4.78, 5) is 24.6. The fourth-order valence-corrected chi connectivity index (χ4v) is 5.16. The molecule has 28 heavy (non-hydrogen) atoms. The summed E-state index contributed by atoms with van der Waals surface area (Å²) in [5.41, 5.74) is 0.469. The van der Waals surface area contributed by atoms with Gasteiger partial charge in [0.1, 0.15) is 10.5 Å². The van der Waals surface area contributed by atoms with E-state index in [2.05, 4.69) is 20.4 Å². The predicted molar refractivity (Wildman–Crippen MR) is 105 cm³/mol. The molecule has 1 atom stereocenters. The van der Waals surface area contributed by atoms with Gasteiger partial charge in [-0.05, 0) is 24.3 Å². The molecule has 1 aliphatic heterocycles. The van der Waals surface area contributed by atoms with Crippen molar-refractivity contribution in [2.45, 2.75) is 36.4 Å². The largest absolute Gasteiger partial charge is 0.376 e. The highest BCUT2D eigenvalue weighted by molar-refractivity contribution is 7.98. The number of hydrogen-bond acceptors (Lipinski definition) is 8. The first-order valence-corrected chi connectivity index (χ1v) is 10.7. The van der Waals surface area contributed by atoms with Crippen molar-refractivity contribution in [2.75, 3.05) is 6.61 Å². The number of nitrogens with one attached hydrogen (secondary N) is 1. The van der Waals surface area contributed by atoms with Crippen LogP contribution in [0.15, 0.2) is 26.2 Å². The summed E-state index contributed by atoms with van der Waals surface area (Å²) in [7, 11) is 1.69. The van der Waals surface area contributed by atoms with Gasteiger partial charge in [-0.25, -0.2) is 9.89 Å². The molecule has 146 valence electrons. The number of hydrogen-bond donors (Lipinski definition) is 1. The molecule has 1 fully saturated rings. The number of aromatic amines is 1. The molecule has 0 saturated carbocycles. The molecule has 10 nitrogen and oxygen atoms in total. The topological polar surface area (TPSA) is 112 Å². The van der Waals surface area contributed by atoms with Crippen LogP contribution in [-0.4, -0.2) is 46.6 Å². The summed E-state index contributed by atoms with van der Waals surface area (Å²) < 4.78 is 11.3. The van der Waals surface area contributed by atoms with Crippen LogP contribution in [0.1, 0.15) is 18.7 Å². The second-order valence-corrected chi connectivity index (χ2v) is 8.46. The van der Waals surface area contributed by atoms with Gasteiger partial charge >= 0.3 is 5.69 Å². The van der Waals surface area contributed by atoms with Crippen LogP contribution in [0.2, 0.25) is 0 Å². The molecule has 0 spiro atoms. The van der Waals surface area contributed by atoms with Gasteiger partial charge in [-0.2, -0.15) is 0 Å². The summed E-state index contributed by atoms with van der Waals surface area (Å²) in [5.74, 6) is 1.64. The summed E-state index contributed by atoms with van der Waals surface area (Å²) in [6.07, 6.45) is 2.00. The second kappa shape index (κ2) is 6.87. The lowest BCUT2D eigenvalue weighted by atomic mass is 10.2. The van der Waals surface area contributed by atoms with Gasteiger partial charge in [0.05, 0.1) is 23.9 Å². The summed E-state index contributed by atoms with van der Waals surface area (Å²) in [6, 6.07) is 1.90. The third-order valence-electron chi connectivity index (χ3n) is 4.86. The molecule has 0 aliphatic carbocycles. The number of rotatable bonds is 5. The van der Waals surface area contributed by atoms with E-state index < -0.39 is 0 Å². The van der Waals surface area contributed by atoms with Gasteiger partial charge < -0.3 is 4.74 Å². The van der Waals surface area contributed by atoms with Gasteiger partial charge in [-0.15, -0.1) is 26.6 Å². The monoisotopic (exact) mass is 419 g/mol. The van der Waals surface area contributed by atoms with Crippen LogP contribution in [0, 0.1) is 0 Å². The van der Waals surface area contributed by atoms with Gasteiger partial charge in [-0.3, -0.25) is 18.3 Å². The number of aryl methyl sites for hydroxylation is 1. The Morgan fingerprint density at radius 2 is 2.29 bits per heavy atom. The summed E-state index contributed by atoms with van der Waals surface area (Å²) >= 11 is 2.80. The van der Waals surface area contributed by atoms with Gasteiger partial charge in [-0.1, -0.05) is 11.8 Å². The van der Waals surface area contributed by atoms with Crippen molar-refractivity contribution in [1.29, 1.82) is 0 Å². The highest BCUT2D eigenvalue weighted by Crippen LogP contribution is 2.24. The Morgan fingerprint density at radius 1 is 1.39 bits per heavy atom. The van der Waals surface area contributed by atoms with E-state index in [1.165, 1.54) is 27.7 Å². The van der Waals surface area contributed by atoms with Gasteiger partial charge in [0.25, 0.3) is 5.56 Å². The molecule has 4 aromatic rings. The molecule has 1 unspecified atom stereocenters. The van der Waals surface area contributed by atoms with Crippen LogP contribution < -0.4 is 11.2 Å². The summed E-state index contributed by atoms with van der Waals surface area (Å²) in [6.45, 7) is 1.22. The van der Waals surface area contributed by atoms with Gasteiger partial charge in [0.15, 0.2) is 5.16 Å². The van der Waals surface area contributed by atoms with Crippen molar-refractivity contribution in [1.82, 2.24) is 33.9 Å². The van der Waals surface area contributed by atoms with Crippen molar-refractivity contribution < 1.29 is 4.74 Å². The molecule has 4 aromatic heterocycles. The fraction of sp³-hybridized carbons (Fsp3) is 0.438. The Kier molecular flexibility index (Phi) is 4.33. The molecule has 0 radical (unpaired) electrons. The van der Waals surface area contributed by atoms with Crippen LogP contribution >= 0.6 is 23.1 Å². The fourth-order valence-electron chi connectivity index (χ4n) is 3.44. The van der Waals surface area contributed by atoms with Crippen molar-refractivity contribution in [3.63, 3.8) is 0 Å². The Balaban J connectivity index is 1.47. The first-order chi connectivity index (χ1) is 13.6. The molecule has 1 N–H and O–H groups in total. The van der Waals surface area contributed by atoms with Gasteiger partial charge in [0.2, 0.25) is 5.78 Å². The van der Waals surface area contributed by atoms with E-state index in [-0.39, 0.29) is 17.4 Å². The smallest absolute Gasteiger partial charge is 0.344 e. The number of fused-ring (bicyclic) bond motifs is 3. The maximum absolute atomic E-state index is 12.4. The Morgan fingerprint density at radius 3 is 3.11 bits per heavy atom. The van der Waals surface area contributed by atoms with E-state index in [0.29, 0.717) is 33.8 Å². The Labute approximate surface area is 166 Å². The third-order valence-corrected chi connectivity index (χ3v) is 6.73. The molecular formula is C16H17N7O3S2. The average Bonchev–Trinajstić information content (AvgIpc) is 3.47. The van der Waals surface area contributed by atoms with E-state index in [9.17, 15) is 9.59 Å². The quantitative estimate of drug-likeness (QED) is 0.480. The van der Waals surface area contributed by atoms with Crippen molar-refractivity contribution in [3.05, 3.63) is 38.1 Å². The highest BCUT2D eigenvalue weighted by atomic mass is 32.2. The van der Waals surface area contributed by atoms with Crippen molar-refractivity contribution in [2.24, 2.45) is 7.05 Å². The number of thioether (sulfide) groups is 1. The zero-order valence-electron chi connectivity index (χ0n) is 15.0. The standard InChI is InChI=1S/C16H17N7O3S2/c1-21-13(24)12-10(4-6-27-12)23-11(17-18-14(21)23)8-28-16-20-19-15(25)22(16)7-9-3-2-5-26-9/h4,6,9H,2-3,5,7-8H2,1H3,(H,19,25). The van der Waals surface area contributed by atoms with E-state index in [0.717, 1.165) is 25.0 Å². The van der Waals surface area contributed by atoms with E-state index >= 15 is 0 Å². The Hall–Kier alpha value is -2.44. The van der Waals surface area contributed by atoms with Crippen molar-refractivity contribution in [3.8, 4) is 0 Å². The molecule has 1 saturated heterocycles. The molecule has 0 amide bonds. The van der Waals surface area contributed by atoms with Crippen LogP contribution in [0.5, 0.6) is 0 Å². The molecule has 12 heteroatoms. The predicted octanol–water partition coefficient (Wildman–Crippen LogP) is 0.999. The molecule has 1 aliphatic rings. The minimum absolute atomic E-state index is 0.0449. The number of aromatic nitrogens is 7. The average molecular weight is 419 g/mol. The zero-order chi connectivity index (χ0) is 19.3. The van der Waals surface area contributed by atoms with E-state index in [1.807, 2.05) is 15.8 Å². The number of nitrogens with zero attached hydrogens (tertiary/aromatic N) is 6. The Bertz CT molecular complexity index is 1280. The first-order valence-electron chi connectivity index (χ1n) is 8.83. The molecule has 5 heterocycles. The molecule has 0 bridgehead atoms. The lowest BCUT2D eigenvalue weighted by Crippen LogP contribution is -2.25. The van der Waals surface area contributed by atoms with Crippen LogP contribution in [0.4, 0.5) is 0 Å².